The first-order valence-electron chi connectivity index (χ1n) is 16.0. The fraction of sp³-hybridized carbons (Fsp3) is 0.625. The van der Waals surface area contributed by atoms with Gasteiger partial charge in [-0.3, -0.25) is 28.8 Å². The molecule has 1 saturated heterocycles. The summed E-state index contributed by atoms with van der Waals surface area (Å²) in [4.78, 5) is 78.4. The lowest BCUT2D eigenvalue weighted by atomic mass is 9.93. The Balaban J connectivity index is 1.52. The van der Waals surface area contributed by atoms with Crippen molar-refractivity contribution in [3.05, 3.63) is 34.9 Å². The predicted octanol–water partition coefficient (Wildman–Crippen LogP) is 2.13. The molecule has 246 valence electrons. The molecule has 5 N–H and O–H groups in total. The number of nitrogens with one attached hydrogen (secondary N) is 5. The maximum Gasteiger partial charge on any atom is 0.303 e. The Labute approximate surface area is 268 Å². The maximum atomic E-state index is 13.8. The number of amides is 5. The number of ether oxygens (including phenoxy) is 1. The molecule has 0 radical (unpaired) electrons. The third-order valence-corrected chi connectivity index (χ3v) is 8.88. The zero-order valence-corrected chi connectivity index (χ0v) is 26.6. The minimum Gasteiger partial charge on any atom is -0.450 e. The molecule has 1 aromatic carbocycles. The summed E-state index contributed by atoms with van der Waals surface area (Å²) in [7, 11) is 0. The molecule has 1 aliphatic heterocycles. The van der Waals surface area contributed by atoms with Crippen molar-refractivity contribution in [2.24, 2.45) is 11.8 Å². The molecule has 1 heterocycles. The van der Waals surface area contributed by atoms with Crippen LogP contribution in [-0.4, -0.2) is 72.3 Å². The Morgan fingerprint density at radius 1 is 0.933 bits per heavy atom. The topological polar surface area (TPSA) is 172 Å². The van der Waals surface area contributed by atoms with Crippen molar-refractivity contribution in [1.29, 1.82) is 0 Å². The van der Waals surface area contributed by atoms with Crippen molar-refractivity contribution in [2.75, 3.05) is 6.54 Å². The zero-order valence-electron chi connectivity index (χ0n) is 25.9. The van der Waals surface area contributed by atoms with Crippen LogP contribution in [0.2, 0.25) is 5.02 Å². The number of rotatable bonds is 15. The minimum atomic E-state index is -1.36. The second kappa shape index (κ2) is 16.1. The van der Waals surface area contributed by atoms with Gasteiger partial charge in [0.15, 0.2) is 6.10 Å². The zero-order chi connectivity index (χ0) is 32.5. The van der Waals surface area contributed by atoms with E-state index in [1.54, 1.807) is 24.3 Å². The Hall–Kier alpha value is -3.67. The van der Waals surface area contributed by atoms with Crippen LogP contribution in [0.3, 0.4) is 0 Å². The molecular weight excluding hydrogens is 602 g/mol. The van der Waals surface area contributed by atoms with Crippen LogP contribution in [0.5, 0.6) is 0 Å². The van der Waals surface area contributed by atoms with Crippen LogP contribution < -0.4 is 26.6 Å². The predicted molar refractivity (Wildman–Crippen MR) is 166 cm³/mol. The number of benzene rings is 1. The van der Waals surface area contributed by atoms with Crippen molar-refractivity contribution < 1.29 is 33.5 Å². The van der Waals surface area contributed by atoms with Gasteiger partial charge in [0.1, 0.15) is 12.1 Å². The fourth-order valence-corrected chi connectivity index (χ4v) is 6.19. The van der Waals surface area contributed by atoms with Crippen molar-refractivity contribution in [2.45, 2.75) is 108 Å². The van der Waals surface area contributed by atoms with Crippen LogP contribution in [0, 0.1) is 11.8 Å². The summed E-state index contributed by atoms with van der Waals surface area (Å²) >= 11 is 5.97. The molecule has 3 fully saturated rings. The van der Waals surface area contributed by atoms with E-state index in [4.69, 9.17) is 16.3 Å². The lowest BCUT2D eigenvalue weighted by Gasteiger charge is -2.31. The standard InChI is InChI=1S/C32H44ClN5O7/c1-3-6-24(36-31(43)26(19-7-4-5-8-19)38-29(41)20-9-11-22(33)12-10-20)30(42)37-25(17-21-15-16-34-28(21)40)27(45-18(2)39)32(44)35-23-13-14-23/h9-12,19,21,23-27H,3-8,13-17H2,1-2H3,(H,34,40)(H,35,44)(H,36,43)(H,37,42)(H,38,41)/t21-,24-,25-,26+,27?/m0/s1. The van der Waals surface area contributed by atoms with Crippen LogP contribution >= 0.6 is 11.6 Å². The normalized spacial score (nSPS) is 20.7. The lowest BCUT2D eigenvalue weighted by molar-refractivity contribution is -0.157. The summed E-state index contributed by atoms with van der Waals surface area (Å²) in [5.74, 6) is -3.50. The van der Waals surface area contributed by atoms with Gasteiger partial charge in [0.05, 0.1) is 6.04 Å². The van der Waals surface area contributed by atoms with Crippen molar-refractivity contribution in [3.63, 3.8) is 0 Å². The monoisotopic (exact) mass is 645 g/mol. The first-order valence-corrected chi connectivity index (χ1v) is 16.4. The number of halogens is 1. The highest BCUT2D eigenvalue weighted by Gasteiger charge is 2.40. The van der Waals surface area contributed by atoms with Gasteiger partial charge in [0.2, 0.25) is 17.7 Å². The van der Waals surface area contributed by atoms with Crippen molar-refractivity contribution in [3.8, 4) is 0 Å². The van der Waals surface area contributed by atoms with Gasteiger partial charge >= 0.3 is 5.97 Å². The molecule has 4 rings (SSSR count). The number of hydrogen-bond acceptors (Lipinski definition) is 7. The highest BCUT2D eigenvalue weighted by Crippen LogP contribution is 2.28. The molecule has 2 saturated carbocycles. The highest BCUT2D eigenvalue weighted by molar-refractivity contribution is 6.30. The molecule has 12 nitrogen and oxygen atoms in total. The van der Waals surface area contributed by atoms with Gasteiger partial charge in [-0.25, -0.2) is 0 Å². The van der Waals surface area contributed by atoms with Gasteiger partial charge < -0.3 is 31.3 Å². The summed E-state index contributed by atoms with van der Waals surface area (Å²) in [6.45, 7) is 3.52. The van der Waals surface area contributed by atoms with Crippen LogP contribution in [0.4, 0.5) is 0 Å². The summed E-state index contributed by atoms with van der Waals surface area (Å²) in [6.07, 6.45) is 5.05. The van der Waals surface area contributed by atoms with E-state index in [1.807, 2.05) is 6.92 Å². The van der Waals surface area contributed by atoms with Crippen molar-refractivity contribution >= 4 is 47.1 Å². The van der Waals surface area contributed by atoms with Gasteiger partial charge in [-0.05, 0) is 75.1 Å². The molecule has 0 bridgehead atoms. The Bertz CT molecular complexity index is 1250. The SMILES string of the molecule is CCC[C@H](NC(=O)[C@H](NC(=O)c1ccc(Cl)cc1)C1CCCC1)C(=O)N[C@@H](C[C@@H]1CCNC1=O)C(OC(C)=O)C(=O)NC1CC1. The second-order valence-corrected chi connectivity index (χ2v) is 12.7. The van der Waals surface area contributed by atoms with Crippen LogP contribution in [0.15, 0.2) is 24.3 Å². The molecule has 1 unspecified atom stereocenters. The minimum absolute atomic E-state index is 0.0237. The average Bonchev–Trinajstić information content (AvgIpc) is 3.46. The fourth-order valence-electron chi connectivity index (χ4n) is 6.06. The van der Waals surface area contributed by atoms with Crippen molar-refractivity contribution in [1.82, 2.24) is 26.6 Å². The average molecular weight is 646 g/mol. The third-order valence-electron chi connectivity index (χ3n) is 8.63. The summed E-state index contributed by atoms with van der Waals surface area (Å²) in [6, 6.07) is 3.47. The van der Waals surface area contributed by atoms with Crippen LogP contribution in [0.1, 0.15) is 88.4 Å². The first kappa shape index (κ1) is 34.2. The molecule has 5 amide bonds. The molecule has 0 spiro atoms. The van der Waals surface area contributed by atoms with Crippen LogP contribution in [-0.2, 0) is 28.7 Å². The Kier molecular flexibility index (Phi) is 12.2. The first-order chi connectivity index (χ1) is 21.5. The molecule has 1 aromatic rings. The number of esters is 1. The van der Waals surface area contributed by atoms with E-state index in [9.17, 15) is 28.8 Å². The van der Waals surface area contributed by atoms with Gasteiger partial charge in [-0.1, -0.05) is 37.8 Å². The van der Waals surface area contributed by atoms with Gasteiger partial charge in [0, 0.05) is 36.0 Å². The van der Waals surface area contributed by atoms with E-state index in [2.05, 4.69) is 26.6 Å². The maximum absolute atomic E-state index is 13.8. The molecule has 3 aliphatic rings. The van der Waals surface area contributed by atoms with E-state index in [1.165, 1.54) is 6.92 Å². The quantitative estimate of drug-likeness (QED) is 0.182. The second-order valence-electron chi connectivity index (χ2n) is 12.3. The van der Waals surface area contributed by atoms with E-state index in [-0.39, 0.29) is 30.7 Å². The number of hydrogen-bond donors (Lipinski definition) is 5. The van der Waals surface area contributed by atoms with E-state index >= 15 is 0 Å². The van der Waals surface area contributed by atoms with E-state index in [0.29, 0.717) is 30.0 Å². The van der Waals surface area contributed by atoms with Gasteiger partial charge in [-0.2, -0.15) is 0 Å². The molecule has 13 heteroatoms. The molecule has 5 atom stereocenters. The molecule has 0 aromatic heterocycles. The van der Waals surface area contributed by atoms with Gasteiger partial charge in [-0.15, -0.1) is 0 Å². The van der Waals surface area contributed by atoms with Crippen LogP contribution in [0.25, 0.3) is 0 Å². The smallest absolute Gasteiger partial charge is 0.303 e. The Morgan fingerprint density at radius 3 is 2.20 bits per heavy atom. The summed E-state index contributed by atoms with van der Waals surface area (Å²) in [5.41, 5.74) is 0.359. The van der Waals surface area contributed by atoms with E-state index in [0.717, 1.165) is 38.5 Å². The lowest BCUT2D eigenvalue weighted by Crippen LogP contribution is -2.59. The molecule has 45 heavy (non-hydrogen) atoms. The van der Waals surface area contributed by atoms with E-state index < -0.39 is 59.7 Å². The number of carbonyl (C=O) groups is 6. The Morgan fingerprint density at radius 2 is 1.62 bits per heavy atom. The summed E-state index contributed by atoms with van der Waals surface area (Å²) in [5, 5.41) is 14.6. The highest BCUT2D eigenvalue weighted by atomic mass is 35.5. The summed E-state index contributed by atoms with van der Waals surface area (Å²) < 4.78 is 5.43. The largest absolute Gasteiger partial charge is 0.450 e. The van der Waals surface area contributed by atoms with Gasteiger partial charge in [0.25, 0.3) is 11.8 Å². The third kappa shape index (κ3) is 9.91. The molecular formula is C32H44ClN5O7. The molecule has 2 aliphatic carbocycles. The number of carbonyl (C=O) groups excluding carboxylic acids is 6.